The summed E-state index contributed by atoms with van der Waals surface area (Å²) in [6, 6.07) is 10.1. The first kappa shape index (κ1) is 21.3. The van der Waals surface area contributed by atoms with E-state index in [-0.39, 0.29) is 42.5 Å². The number of hydrogen-bond acceptors (Lipinski definition) is 5. The first-order valence-electron chi connectivity index (χ1n) is 9.97. The van der Waals surface area contributed by atoms with Crippen molar-refractivity contribution in [2.75, 3.05) is 31.5 Å². The number of nitrogens with one attached hydrogen (secondary N) is 1. The van der Waals surface area contributed by atoms with Crippen LogP contribution in [-0.2, 0) is 14.8 Å². The number of amides is 2. The van der Waals surface area contributed by atoms with Gasteiger partial charge in [-0.1, -0.05) is 19.1 Å². The molecule has 10 heteroatoms. The third kappa shape index (κ3) is 4.00. The van der Waals surface area contributed by atoms with Crippen LogP contribution in [0.2, 0.25) is 0 Å². The Hall–Kier alpha value is -2.98. The zero-order valence-electron chi connectivity index (χ0n) is 16.9. The third-order valence-corrected chi connectivity index (χ3v) is 7.30. The fourth-order valence-corrected chi connectivity index (χ4v) is 5.09. The van der Waals surface area contributed by atoms with Crippen molar-refractivity contribution in [3.8, 4) is 5.75 Å². The van der Waals surface area contributed by atoms with Gasteiger partial charge in [0.05, 0.1) is 16.1 Å². The average molecular weight is 447 g/mol. The van der Waals surface area contributed by atoms with Crippen LogP contribution in [0.4, 0.5) is 10.1 Å². The van der Waals surface area contributed by atoms with Crippen LogP contribution in [0.15, 0.2) is 47.4 Å². The highest BCUT2D eigenvalue weighted by Crippen LogP contribution is 2.33. The van der Waals surface area contributed by atoms with Crippen molar-refractivity contribution in [3.05, 3.63) is 53.8 Å². The monoisotopic (exact) mass is 447 g/mol. The number of halogens is 1. The number of hydrogen-bond donors (Lipinski definition) is 1. The van der Waals surface area contributed by atoms with E-state index in [1.54, 1.807) is 6.07 Å². The van der Waals surface area contributed by atoms with Gasteiger partial charge in [-0.25, -0.2) is 12.8 Å². The summed E-state index contributed by atoms with van der Waals surface area (Å²) < 4.78 is 47.0. The maximum Gasteiger partial charge on any atom is 0.265 e. The molecule has 31 heavy (non-hydrogen) atoms. The van der Waals surface area contributed by atoms with E-state index in [4.69, 9.17) is 4.74 Å². The molecule has 0 unspecified atom stereocenters. The normalized spacial score (nSPS) is 19.4. The Morgan fingerprint density at radius 1 is 1.16 bits per heavy atom. The van der Waals surface area contributed by atoms with E-state index in [1.165, 1.54) is 45.6 Å². The highest BCUT2D eigenvalue weighted by molar-refractivity contribution is 7.89. The maximum absolute atomic E-state index is 13.9. The number of ether oxygens (including phenoxy) is 1. The van der Waals surface area contributed by atoms with Crippen molar-refractivity contribution in [1.82, 2.24) is 9.21 Å². The minimum atomic E-state index is -3.84. The minimum absolute atomic E-state index is 0.0268. The van der Waals surface area contributed by atoms with Crippen LogP contribution in [0.5, 0.6) is 5.75 Å². The summed E-state index contributed by atoms with van der Waals surface area (Å²) in [7, 11) is -3.84. The molecule has 0 radical (unpaired) electrons. The lowest BCUT2D eigenvalue weighted by atomic mass is 10.1. The Kier molecular flexibility index (Phi) is 5.67. The molecule has 0 aromatic heterocycles. The summed E-state index contributed by atoms with van der Waals surface area (Å²) in [5.74, 6) is -0.962. The van der Waals surface area contributed by atoms with Gasteiger partial charge in [-0.2, -0.15) is 4.31 Å². The van der Waals surface area contributed by atoms with Crippen LogP contribution < -0.4 is 10.1 Å². The molecule has 1 atom stereocenters. The van der Waals surface area contributed by atoms with Crippen LogP contribution >= 0.6 is 0 Å². The highest BCUT2D eigenvalue weighted by Gasteiger charge is 2.33. The fraction of sp³-hybridized carbons (Fsp3) is 0.333. The molecule has 4 rings (SSSR count). The smallest absolute Gasteiger partial charge is 0.265 e. The number of carbonyl (C=O) groups excluding carboxylic acids is 2. The molecule has 0 aliphatic carbocycles. The first-order chi connectivity index (χ1) is 14.8. The predicted molar refractivity (Wildman–Crippen MR) is 111 cm³/mol. The van der Waals surface area contributed by atoms with Crippen LogP contribution in [-0.4, -0.2) is 61.7 Å². The van der Waals surface area contributed by atoms with Crippen LogP contribution in [0.1, 0.15) is 23.7 Å². The van der Waals surface area contributed by atoms with Gasteiger partial charge in [-0.3, -0.25) is 9.59 Å². The number of carbonyl (C=O) groups is 2. The summed E-state index contributed by atoms with van der Waals surface area (Å²) >= 11 is 0. The van der Waals surface area contributed by atoms with Gasteiger partial charge < -0.3 is 15.0 Å². The lowest BCUT2D eigenvalue weighted by Crippen LogP contribution is -2.50. The molecule has 2 aliphatic rings. The standard InChI is InChI=1S/C21H22FN3O5S/c1-2-18-20(26)23-17-13-14(7-8-19(17)30-18)31(28,29)25-11-9-24(10-12-25)21(27)15-5-3-4-6-16(15)22/h3-8,13,18H,2,9-12H2,1H3,(H,23,26)/t18-/m0/s1. The van der Waals surface area contributed by atoms with Gasteiger partial charge in [0.25, 0.3) is 11.8 Å². The largest absolute Gasteiger partial charge is 0.478 e. The number of fused-ring (bicyclic) bond motifs is 1. The van der Waals surface area contributed by atoms with Gasteiger partial charge in [0, 0.05) is 26.2 Å². The number of sulfonamides is 1. The molecular weight excluding hydrogens is 425 g/mol. The van der Waals surface area contributed by atoms with Crippen molar-refractivity contribution >= 4 is 27.5 Å². The van der Waals surface area contributed by atoms with Gasteiger partial charge in [0.15, 0.2) is 6.10 Å². The molecular formula is C21H22FN3O5S. The van der Waals surface area contributed by atoms with Crippen molar-refractivity contribution in [2.45, 2.75) is 24.3 Å². The first-order valence-corrected chi connectivity index (χ1v) is 11.4. The maximum atomic E-state index is 13.9. The average Bonchev–Trinajstić information content (AvgIpc) is 2.78. The molecule has 2 aromatic carbocycles. The number of anilines is 1. The molecule has 0 spiro atoms. The summed E-state index contributed by atoms with van der Waals surface area (Å²) in [5, 5.41) is 2.69. The molecule has 1 fully saturated rings. The Bertz CT molecular complexity index is 1130. The van der Waals surface area contributed by atoms with Gasteiger partial charge in [-0.15, -0.1) is 0 Å². The van der Waals surface area contributed by atoms with E-state index in [1.807, 2.05) is 6.92 Å². The molecule has 0 saturated carbocycles. The molecule has 8 nitrogen and oxygen atoms in total. The molecule has 2 aliphatic heterocycles. The molecule has 2 aromatic rings. The van der Waals surface area contributed by atoms with Crippen LogP contribution in [0.3, 0.4) is 0 Å². The van der Waals surface area contributed by atoms with E-state index in [0.29, 0.717) is 17.9 Å². The van der Waals surface area contributed by atoms with Crippen molar-refractivity contribution < 1.29 is 27.1 Å². The van der Waals surface area contributed by atoms with Crippen LogP contribution in [0, 0.1) is 5.82 Å². The van der Waals surface area contributed by atoms with Crippen molar-refractivity contribution in [1.29, 1.82) is 0 Å². The van der Waals surface area contributed by atoms with E-state index in [9.17, 15) is 22.4 Å². The van der Waals surface area contributed by atoms with E-state index >= 15 is 0 Å². The van der Waals surface area contributed by atoms with Gasteiger partial charge in [-0.05, 0) is 36.8 Å². The van der Waals surface area contributed by atoms with E-state index < -0.39 is 27.9 Å². The summed E-state index contributed by atoms with van der Waals surface area (Å²) in [5.41, 5.74) is 0.277. The number of piperazine rings is 1. The molecule has 2 amide bonds. The molecule has 2 heterocycles. The molecule has 0 bridgehead atoms. The lowest BCUT2D eigenvalue weighted by Gasteiger charge is -2.34. The fourth-order valence-electron chi connectivity index (χ4n) is 3.64. The Morgan fingerprint density at radius 2 is 1.87 bits per heavy atom. The lowest BCUT2D eigenvalue weighted by molar-refractivity contribution is -0.123. The third-order valence-electron chi connectivity index (χ3n) is 5.41. The molecule has 1 N–H and O–H groups in total. The second kappa shape index (κ2) is 8.27. The SMILES string of the molecule is CC[C@@H]1Oc2ccc(S(=O)(=O)N3CCN(C(=O)c4ccccc4F)CC3)cc2NC1=O. The predicted octanol–water partition coefficient (Wildman–Crippen LogP) is 2.08. The number of rotatable bonds is 4. The van der Waals surface area contributed by atoms with Gasteiger partial charge in [0.1, 0.15) is 11.6 Å². The highest BCUT2D eigenvalue weighted by atomic mass is 32.2. The Morgan fingerprint density at radius 3 is 2.55 bits per heavy atom. The van der Waals surface area contributed by atoms with Crippen LogP contribution in [0.25, 0.3) is 0 Å². The minimum Gasteiger partial charge on any atom is -0.478 e. The van der Waals surface area contributed by atoms with Gasteiger partial charge in [0.2, 0.25) is 10.0 Å². The zero-order valence-corrected chi connectivity index (χ0v) is 17.7. The number of nitrogens with zero attached hydrogens (tertiary/aromatic N) is 2. The Balaban J connectivity index is 1.47. The topological polar surface area (TPSA) is 96.0 Å². The summed E-state index contributed by atoms with van der Waals surface area (Å²) in [6.45, 7) is 2.29. The molecule has 1 saturated heterocycles. The van der Waals surface area contributed by atoms with Crippen molar-refractivity contribution in [3.63, 3.8) is 0 Å². The second-order valence-corrected chi connectivity index (χ2v) is 9.28. The van der Waals surface area contributed by atoms with E-state index in [2.05, 4.69) is 5.32 Å². The van der Waals surface area contributed by atoms with Crippen molar-refractivity contribution in [2.24, 2.45) is 0 Å². The zero-order chi connectivity index (χ0) is 22.2. The molecule has 164 valence electrons. The quantitative estimate of drug-likeness (QED) is 0.774. The number of benzene rings is 2. The second-order valence-electron chi connectivity index (χ2n) is 7.34. The Labute approximate surface area is 179 Å². The van der Waals surface area contributed by atoms with E-state index in [0.717, 1.165) is 0 Å². The summed E-state index contributed by atoms with van der Waals surface area (Å²) in [4.78, 5) is 26.1. The van der Waals surface area contributed by atoms with Gasteiger partial charge >= 0.3 is 0 Å². The summed E-state index contributed by atoms with van der Waals surface area (Å²) in [6.07, 6.45) is -0.101.